The Balaban J connectivity index is 1.72. The van der Waals surface area contributed by atoms with Gasteiger partial charge < -0.3 is 15.0 Å². The van der Waals surface area contributed by atoms with Gasteiger partial charge in [0.1, 0.15) is 5.25 Å². The van der Waals surface area contributed by atoms with Crippen molar-refractivity contribution in [3.05, 3.63) is 59.1 Å². The van der Waals surface area contributed by atoms with E-state index in [-0.39, 0.29) is 5.91 Å². The van der Waals surface area contributed by atoms with E-state index in [0.717, 1.165) is 18.7 Å². The van der Waals surface area contributed by atoms with Crippen LogP contribution in [0.15, 0.2) is 53.6 Å². The van der Waals surface area contributed by atoms with E-state index in [4.69, 9.17) is 21.3 Å². The zero-order valence-corrected chi connectivity index (χ0v) is 17.5. The van der Waals surface area contributed by atoms with Crippen molar-refractivity contribution in [1.29, 1.82) is 0 Å². The first-order chi connectivity index (χ1) is 14.2. The predicted octanol–water partition coefficient (Wildman–Crippen LogP) is 3.56. The van der Waals surface area contributed by atoms with Gasteiger partial charge in [0.25, 0.3) is 0 Å². The van der Waals surface area contributed by atoms with Gasteiger partial charge in [0.05, 0.1) is 18.1 Å². The van der Waals surface area contributed by atoms with Crippen molar-refractivity contribution in [1.82, 2.24) is 20.2 Å². The minimum Gasteiger partial charge on any atom is -0.479 e. The second kappa shape index (κ2) is 8.98. The topological polar surface area (TPSA) is 67.4 Å². The molecule has 0 bridgehead atoms. The lowest BCUT2D eigenvalue weighted by Gasteiger charge is -2.30. The van der Waals surface area contributed by atoms with Crippen molar-refractivity contribution in [2.75, 3.05) is 33.3 Å². The summed E-state index contributed by atoms with van der Waals surface area (Å²) in [5.41, 5.74) is 2.30. The van der Waals surface area contributed by atoms with Gasteiger partial charge in [0, 0.05) is 31.2 Å². The highest BCUT2D eigenvalue weighted by atomic mass is 35.5. The SMILES string of the molecule is COc1nc2cc(Cl)ccc2nc1SC(C(=O)N1CCNCC1)c1ccccc1. The molecule has 1 unspecified atom stereocenters. The minimum absolute atomic E-state index is 0.0720. The fourth-order valence-corrected chi connectivity index (χ4v) is 4.57. The molecule has 0 aliphatic carbocycles. The average molecular weight is 429 g/mol. The van der Waals surface area contributed by atoms with Crippen LogP contribution >= 0.6 is 23.4 Å². The van der Waals surface area contributed by atoms with Crippen molar-refractivity contribution >= 4 is 40.3 Å². The van der Waals surface area contributed by atoms with Crippen LogP contribution < -0.4 is 10.1 Å². The Labute approximate surface area is 178 Å². The largest absolute Gasteiger partial charge is 0.479 e. The molecule has 1 N–H and O–H groups in total. The predicted molar refractivity (Wildman–Crippen MR) is 116 cm³/mol. The van der Waals surface area contributed by atoms with Gasteiger partial charge in [-0.2, -0.15) is 0 Å². The number of hydrogen-bond acceptors (Lipinski definition) is 6. The molecule has 1 fully saturated rings. The number of halogens is 1. The van der Waals surface area contributed by atoms with Crippen molar-refractivity contribution < 1.29 is 9.53 Å². The minimum atomic E-state index is -0.428. The summed E-state index contributed by atoms with van der Waals surface area (Å²) in [6.07, 6.45) is 0. The Bertz CT molecular complexity index is 1010. The summed E-state index contributed by atoms with van der Waals surface area (Å²) in [4.78, 5) is 24.5. The summed E-state index contributed by atoms with van der Waals surface area (Å²) in [5.74, 6) is 0.460. The summed E-state index contributed by atoms with van der Waals surface area (Å²) in [7, 11) is 1.56. The van der Waals surface area contributed by atoms with Gasteiger partial charge in [-0.25, -0.2) is 9.97 Å². The number of benzene rings is 2. The van der Waals surface area contributed by atoms with Crippen LogP contribution in [0.3, 0.4) is 0 Å². The van der Waals surface area contributed by atoms with Crippen LogP contribution in [0.25, 0.3) is 11.0 Å². The van der Waals surface area contributed by atoms with E-state index >= 15 is 0 Å². The van der Waals surface area contributed by atoms with Crippen LogP contribution in [0.2, 0.25) is 5.02 Å². The Hall–Kier alpha value is -2.35. The van der Waals surface area contributed by atoms with E-state index in [1.807, 2.05) is 41.3 Å². The zero-order chi connectivity index (χ0) is 20.2. The number of carbonyl (C=O) groups is 1. The number of rotatable bonds is 5. The van der Waals surface area contributed by atoms with Crippen LogP contribution in [0.4, 0.5) is 0 Å². The van der Waals surface area contributed by atoms with Crippen molar-refractivity contribution in [2.24, 2.45) is 0 Å². The fourth-order valence-electron chi connectivity index (χ4n) is 3.26. The number of thioether (sulfide) groups is 1. The van der Waals surface area contributed by atoms with Gasteiger partial charge in [0.15, 0.2) is 5.03 Å². The molecule has 29 heavy (non-hydrogen) atoms. The van der Waals surface area contributed by atoms with Gasteiger partial charge >= 0.3 is 0 Å². The van der Waals surface area contributed by atoms with Crippen LogP contribution in [0.1, 0.15) is 10.8 Å². The normalized spacial score (nSPS) is 15.3. The molecule has 150 valence electrons. The molecule has 2 heterocycles. The smallest absolute Gasteiger partial charge is 0.247 e. The molecule has 1 aromatic heterocycles. The summed E-state index contributed by atoms with van der Waals surface area (Å²) in [6.45, 7) is 3.00. The van der Waals surface area contributed by atoms with Gasteiger partial charge in [-0.15, -0.1) is 0 Å². The molecule has 8 heteroatoms. The van der Waals surface area contributed by atoms with Crippen molar-refractivity contribution in [3.8, 4) is 5.88 Å². The van der Waals surface area contributed by atoms with Crippen LogP contribution in [0, 0.1) is 0 Å². The average Bonchev–Trinajstić information content (AvgIpc) is 2.77. The maximum absolute atomic E-state index is 13.4. The van der Waals surface area contributed by atoms with Crippen LogP contribution in [-0.4, -0.2) is 54.1 Å². The van der Waals surface area contributed by atoms with E-state index in [1.54, 1.807) is 19.2 Å². The van der Waals surface area contributed by atoms with Gasteiger partial charge in [-0.1, -0.05) is 53.7 Å². The highest BCUT2D eigenvalue weighted by Crippen LogP contribution is 2.40. The highest BCUT2D eigenvalue weighted by molar-refractivity contribution is 8.00. The molecular formula is C21H21ClN4O2S. The molecule has 0 spiro atoms. The summed E-state index contributed by atoms with van der Waals surface area (Å²) < 4.78 is 5.48. The van der Waals surface area contributed by atoms with Gasteiger partial charge in [-0.05, 0) is 23.8 Å². The Morgan fingerprint density at radius 3 is 2.62 bits per heavy atom. The third kappa shape index (κ3) is 4.47. The van der Waals surface area contributed by atoms with Crippen LogP contribution in [-0.2, 0) is 4.79 Å². The lowest BCUT2D eigenvalue weighted by atomic mass is 10.1. The van der Waals surface area contributed by atoms with Crippen LogP contribution in [0.5, 0.6) is 5.88 Å². The van der Waals surface area contributed by atoms with E-state index in [2.05, 4.69) is 10.3 Å². The number of amides is 1. The first-order valence-corrected chi connectivity index (χ1v) is 10.6. The Morgan fingerprint density at radius 2 is 1.90 bits per heavy atom. The molecule has 1 amide bonds. The van der Waals surface area contributed by atoms with Crippen molar-refractivity contribution in [2.45, 2.75) is 10.3 Å². The van der Waals surface area contributed by atoms with E-state index in [1.165, 1.54) is 11.8 Å². The first kappa shape index (κ1) is 19.9. The number of aromatic nitrogens is 2. The second-order valence-corrected chi connectivity index (χ2v) is 8.19. The molecule has 1 aliphatic rings. The zero-order valence-electron chi connectivity index (χ0n) is 16.0. The van der Waals surface area contributed by atoms with Gasteiger partial charge in [0.2, 0.25) is 11.8 Å². The quantitative estimate of drug-likeness (QED) is 0.627. The molecule has 1 saturated heterocycles. The number of ether oxygens (including phenoxy) is 1. The molecule has 2 aromatic carbocycles. The molecule has 1 aliphatic heterocycles. The number of nitrogens with zero attached hydrogens (tertiary/aromatic N) is 3. The highest BCUT2D eigenvalue weighted by Gasteiger charge is 2.29. The van der Waals surface area contributed by atoms with Gasteiger partial charge in [-0.3, -0.25) is 4.79 Å². The number of piperazine rings is 1. The molecular weight excluding hydrogens is 408 g/mol. The molecule has 4 rings (SSSR count). The number of carbonyl (C=O) groups excluding carboxylic acids is 1. The lowest BCUT2D eigenvalue weighted by molar-refractivity contribution is -0.131. The molecule has 6 nitrogen and oxygen atoms in total. The molecule has 1 atom stereocenters. The fraction of sp³-hybridized carbons (Fsp3) is 0.286. The molecule has 0 saturated carbocycles. The standard InChI is InChI=1S/C21H21ClN4O2S/c1-28-19-20(25-16-8-7-15(22)13-17(16)24-19)29-18(14-5-3-2-4-6-14)21(27)26-11-9-23-10-12-26/h2-8,13,18,23H,9-12H2,1H3. The molecule has 3 aromatic rings. The second-order valence-electron chi connectivity index (χ2n) is 6.65. The van der Waals surface area contributed by atoms with Crippen molar-refractivity contribution in [3.63, 3.8) is 0 Å². The maximum atomic E-state index is 13.4. The summed E-state index contributed by atoms with van der Waals surface area (Å²) in [6, 6.07) is 15.1. The summed E-state index contributed by atoms with van der Waals surface area (Å²) >= 11 is 7.45. The number of methoxy groups -OCH3 is 1. The van der Waals surface area contributed by atoms with E-state index in [9.17, 15) is 4.79 Å². The lowest BCUT2D eigenvalue weighted by Crippen LogP contribution is -2.47. The Kier molecular flexibility index (Phi) is 6.18. The number of hydrogen-bond donors (Lipinski definition) is 1. The summed E-state index contributed by atoms with van der Waals surface area (Å²) in [5, 5.41) is 4.03. The Morgan fingerprint density at radius 1 is 1.14 bits per heavy atom. The third-order valence-electron chi connectivity index (χ3n) is 4.74. The maximum Gasteiger partial charge on any atom is 0.247 e. The van der Waals surface area contributed by atoms with E-state index in [0.29, 0.717) is 40.1 Å². The number of fused-ring (bicyclic) bond motifs is 1. The monoisotopic (exact) mass is 428 g/mol. The number of nitrogens with one attached hydrogen (secondary N) is 1. The third-order valence-corrected chi connectivity index (χ3v) is 6.18. The molecule has 0 radical (unpaired) electrons. The van der Waals surface area contributed by atoms with E-state index < -0.39 is 5.25 Å². The first-order valence-electron chi connectivity index (χ1n) is 9.38.